The number of hydrogen-bond donors (Lipinski definition) is 1. The molecule has 1 saturated heterocycles. The molecule has 0 radical (unpaired) electrons. The third-order valence-electron chi connectivity index (χ3n) is 4.86. The topological polar surface area (TPSA) is 38.5 Å². The summed E-state index contributed by atoms with van der Waals surface area (Å²) < 4.78 is 5.99. The molecule has 1 saturated carbocycles. The number of ether oxygens (including phenoxy) is 1. The van der Waals surface area contributed by atoms with Gasteiger partial charge in [-0.3, -0.25) is 4.90 Å². The molecular formula is C16H32N2O. The fourth-order valence-corrected chi connectivity index (χ4v) is 4.02. The third-order valence-corrected chi connectivity index (χ3v) is 4.86. The quantitative estimate of drug-likeness (QED) is 0.855. The van der Waals surface area contributed by atoms with Crippen LogP contribution in [0.15, 0.2) is 0 Å². The molecule has 0 aromatic carbocycles. The Morgan fingerprint density at radius 1 is 1.32 bits per heavy atom. The van der Waals surface area contributed by atoms with E-state index < -0.39 is 0 Å². The van der Waals surface area contributed by atoms with Gasteiger partial charge in [-0.1, -0.05) is 13.3 Å². The van der Waals surface area contributed by atoms with E-state index in [0.29, 0.717) is 18.1 Å². The minimum atomic E-state index is -0.0133. The van der Waals surface area contributed by atoms with Gasteiger partial charge >= 0.3 is 0 Å². The molecular weight excluding hydrogens is 236 g/mol. The molecule has 3 heteroatoms. The van der Waals surface area contributed by atoms with Crippen LogP contribution in [0.3, 0.4) is 0 Å². The molecule has 2 rings (SSSR count). The Hall–Kier alpha value is -0.120. The lowest BCUT2D eigenvalue weighted by Crippen LogP contribution is -2.54. The highest BCUT2D eigenvalue weighted by Crippen LogP contribution is 2.32. The minimum absolute atomic E-state index is 0.0133. The van der Waals surface area contributed by atoms with Crippen LogP contribution in [0.4, 0.5) is 0 Å². The van der Waals surface area contributed by atoms with Crippen molar-refractivity contribution < 1.29 is 4.74 Å². The second-order valence-corrected chi connectivity index (χ2v) is 7.39. The summed E-state index contributed by atoms with van der Waals surface area (Å²) in [6, 6.07) is 0.407. The highest BCUT2D eigenvalue weighted by molar-refractivity contribution is 4.88. The van der Waals surface area contributed by atoms with E-state index >= 15 is 0 Å². The normalized spacial score (nSPS) is 40.3. The predicted octanol–water partition coefficient (Wildman–Crippen LogP) is 2.64. The Morgan fingerprint density at radius 2 is 2.05 bits per heavy atom. The van der Waals surface area contributed by atoms with Gasteiger partial charge in [0, 0.05) is 25.7 Å². The van der Waals surface area contributed by atoms with Crippen LogP contribution in [0.5, 0.6) is 0 Å². The summed E-state index contributed by atoms with van der Waals surface area (Å²) in [6.45, 7) is 12.2. The van der Waals surface area contributed by atoms with Gasteiger partial charge < -0.3 is 10.5 Å². The molecule has 2 N–H and O–H groups in total. The van der Waals surface area contributed by atoms with Gasteiger partial charge in [0.15, 0.2) is 0 Å². The van der Waals surface area contributed by atoms with E-state index in [1.807, 2.05) is 0 Å². The lowest BCUT2D eigenvalue weighted by Gasteiger charge is -2.44. The third kappa shape index (κ3) is 4.17. The van der Waals surface area contributed by atoms with E-state index in [0.717, 1.165) is 25.6 Å². The molecule has 0 spiro atoms. The summed E-state index contributed by atoms with van der Waals surface area (Å²) in [5, 5.41) is 0. The second kappa shape index (κ2) is 6.11. The first-order chi connectivity index (χ1) is 8.89. The summed E-state index contributed by atoms with van der Waals surface area (Å²) in [5.41, 5.74) is 6.34. The molecule has 3 nitrogen and oxygen atoms in total. The number of nitrogens with two attached hydrogens (primary N) is 1. The Kier molecular flexibility index (Phi) is 4.91. The Balaban J connectivity index is 1.91. The fraction of sp³-hybridized carbons (Fsp3) is 1.00. The number of nitrogens with zero attached hydrogens (tertiary/aromatic N) is 1. The van der Waals surface area contributed by atoms with Crippen LogP contribution < -0.4 is 5.73 Å². The maximum absolute atomic E-state index is 6.36. The molecule has 112 valence electrons. The van der Waals surface area contributed by atoms with E-state index in [1.165, 1.54) is 25.7 Å². The standard InChI is InChI=1S/C16H32N2O/c1-5-13-6-7-15(17)14(8-13)10-18-9-12(2)19-16(3,4)11-18/h12-15H,5-11,17H2,1-4H3. The van der Waals surface area contributed by atoms with Gasteiger partial charge in [0.25, 0.3) is 0 Å². The van der Waals surface area contributed by atoms with Gasteiger partial charge in [-0.05, 0) is 51.9 Å². The van der Waals surface area contributed by atoms with Crippen LogP contribution in [0, 0.1) is 11.8 Å². The van der Waals surface area contributed by atoms with Crippen LogP contribution >= 0.6 is 0 Å². The van der Waals surface area contributed by atoms with Crippen molar-refractivity contribution in [2.24, 2.45) is 17.6 Å². The molecule has 0 bridgehead atoms. The van der Waals surface area contributed by atoms with E-state index in [9.17, 15) is 0 Å². The second-order valence-electron chi connectivity index (χ2n) is 7.39. The largest absolute Gasteiger partial charge is 0.370 e. The van der Waals surface area contributed by atoms with Crippen molar-refractivity contribution in [3.63, 3.8) is 0 Å². The first-order valence-corrected chi connectivity index (χ1v) is 8.05. The van der Waals surface area contributed by atoms with Crippen LogP contribution in [-0.4, -0.2) is 42.3 Å². The molecule has 1 aliphatic heterocycles. The van der Waals surface area contributed by atoms with E-state index in [-0.39, 0.29) is 5.60 Å². The summed E-state index contributed by atoms with van der Waals surface area (Å²) in [4.78, 5) is 2.58. The Labute approximate surface area is 118 Å². The molecule has 4 unspecified atom stereocenters. The summed E-state index contributed by atoms with van der Waals surface area (Å²) >= 11 is 0. The summed E-state index contributed by atoms with van der Waals surface area (Å²) in [7, 11) is 0. The first-order valence-electron chi connectivity index (χ1n) is 8.05. The smallest absolute Gasteiger partial charge is 0.0757 e. The zero-order chi connectivity index (χ0) is 14.0. The SMILES string of the molecule is CCC1CCC(N)C(CN2CC(C)OC(C)(C)C2)C1. The lowest BCUT2D eigenvalue weighted by atomic mass is 9.77. The van der Waals surface area contributed by atoms with Crippen molar-refractivity contribution in [3.05, 3.63) is 0 Å². The monoisotopic (exact) mass is 268 g/mol. The molecule has 2 fully saturated rings. The van der Waals surface area contributed by atoms with E-state index in [4.69, 9.17) is 10.5 Å². The van der Waals surface area contributed by atoms with Gasteiger partial charge in [-0.25, -0.2) is 0 Å². The Morgan fingerprint density at radius 3 is 2.68 bits per heavy atom. The minimum Gasteiger partial charge on any atom is -0.370 e. The number of rotatable bonds is 3. The van der Waals surface area contributed by atoms with Gasteiger partial charge in [-0.2, -0.15) is 0 Å². The summed E-state index contributed by atoms with van der Waals surface area (Å²) in [5.74, 6) is 1.58. The molecule has 4 atom stereocenters. The maximum atomic E-state index is 6.36. The van der Waals surface area contributed by atoms with Crippen molar-refractivity contribution in [2.45, 2.75) is 71.1 Å². The van der Waals surface area contributed by atoms with Crippen molar-refractivity contribution in [1.82, 2.24) is 4.90 Å². The van der Waals surface area contributed by atoms with Crippen LogP contribution in [0.25, 0.3) is 0 Å². The zero-order valence-corrected chi connectivity index (χ0v) is 13.2. The average molecular weight is 268 g/mol. The van der Waals surface area contributed by atoms with E-state index in [1.54, 1.807) is 0 Å². The molecule has 19 heavy (non-hydrogen) atoms. The molecule has 1 aliphatic carbocycles. The highest BCUT2D eigenvalue weighted by Gasteiger charge is 2.34. The van der Waals surface area contributed by atoms with Crippen molar-refractivity contribution in [3.8, 4) is 0 Å². The molecule has 0 aromatic heterocycles. The lowest BCUT2D eigenvalue weighted by molar-refractivity contribution is -0.132. The van der Waals surface area contributed by atoms with Crippen molar-refractivity contribution in [1.29, 1.82) is 0 Å². The molecule has 2 aliphatic rings. The fourth-order valence-electron chi connectivity index (χ4n) is 4.02. The van der Waals surface area contributed by atoms with Gasteiger partial charge in [-0.15, -0.1) is 0 Å². The maximum Gasteiger partial charge on any atom is 0.0757 e. The highest BCUT2D eigenvalue weighted by atomic mass is 16.5. The summed E-state index contributed by atoms with van der Waals surface area (Å²) in [6.07, 6.45) is 5.52. The first kappa shape index (κ1) is 15.3. The Bertz CT molecular complexity index is 292. The van der Waals surface area contributed by atoms with Gasteiger partial charge in [0.2, 0.25) is 0 Å². The number of hydrogen-bond acceptors (Lipinski definition) is 3. The van der Waals surface area contributed by atoms with Crippen LogP contribution in [0.1, 0.15) is 53.4 Å². The zero-order valence-electron chi connectivity index (χ0n) is 13.2. The van der Waals surface area contributed by atoms with E-state index in [2.05, 4.69) is 32.6 Å². The molecule has 1 heterocycles. The predicted molar refractivity (Wildman–Crippen MR) is 80.2 cm³/mol. The van der Waals surface area contributed by atoms with Gasteiger partial charge in [0.05, 0.1) is 11.7 Å². The average Bonchev–Trinajstić information content (AvgIpc) is 2.29. The van der Waals surface area contributed by atoms with Crippen LogP contribution in [-0.2, 0) is 4.74 Å². The molecule has 0 amide bonds. The van der Waals surface area contributed by atoms with Crippen LogP contribution in [0.2, 0.25) is 0 Å². The van der Waals surface area contributed by atoms with Gasteiger partial charge in [0.1, 0.15) is 0 Å². The number of morpholine rings is 1. The van der Waals surface area contributed by atoms with Crippen molar-refractivity contribution >= 4 is 0 Å². The molecule has 0 aromatic rings. The van der Waals surface area contributed by atoms with Crippen molar-refractivity contribution in [2.75, 3.05) is 19.6 Å².